The molecule has 13 rings (SSSR count). The number of hydrogen-bond acceptors (Lipinski definition) is 5. The van der Waals surface area contributed by atoms with E-state index in [1.807, 2.05) is 47.7 Å². The van der Waals surface area contributed by atoms with Crippen LogP contribution in [0.25, 0.3) is 98.2 Å². The van der Waals surface area contributed by atoms with E-state index >= 15 is 0 Å². The van der Waals surface area contributed by atoms with Gasteiger partial charge in [-0.15, -0.1) is 11.3 Å². The van der Waals surface area contributed by atoms with Gasteiger partial charge in [-0.25, -0.2) is 4.98 Å². The first-order valence-corrected chi connectivity index (χ1v) is 22.7. The molecule has 0 N–H and O–H groups in total. The second-order valence-corrected chi connectivity index (χ2v) is 17.6. The zero-order valence-corrected chi connectivity index (χ0v) is 36.1. The van der Waals surface area contributed by atoms with Gasteiger partial charge in [-0.2, -0.15) is 9.97 Å². The van der Waals surface area contributed by atoms with Crippen LogP contribution in [-0.2, 0) is 0 Å². The van der Waals surface area contributed by atoms with Gasteiger partial charge < -0.3 is 9.47 Å². The zero-order valence-electron chi connectivity index (χ0n) is 35.3. The van der Waals surface area contributed by atoms with E-state index < -0.39 is 0 Å². The van der Waals surface area contributed by atoms with Gasteiger partial charge in [0.05, 0.1) is 33.4 Å². The van der Waals surface area contributed by atoms with Crippen LogP contribution >= 0.6 is 11.3 Å². The number of rotatable bonds is 7. The zero-order chi connectivity index (χ0) is 43.0. The molecular formula is C58H38N6S. The molecule has 0 spiro atoms. The first-order chi connectivity index (χ1) is 32.2. The largest absolute Gasteiger partial charge is 0.309 e. The van der Waals surface area contributed by atoms with Crippen LogP contribution in [0.3, 0.4) is 0 Å². The molecule has 65 heavy (non-hydrogen) atoms. The van der Waals surface area contributed by atoms with Crippen molar-refractivity contribution in [1.82, 2.24) is 24.1 Å². The second-order valence-electron chi connectivity index (χ2n) is 16.5. The number of benzene rings is 9. The van der Waals surface area contributed by atoms with E-state index in [-0.39, 0.29) is 0 Å². The summed E-state index contributed by atoms with van der Waals surface area (Å²) >= 11 is 1.85. The van der Waals surface area contributed by atoms with Crippen LogP contribution in [0.5, 0.6) is 0 Å². The third-order valence-corrected chi connectivity index (χ3v) is 13.8. The molecule has 9 aromatic carbocycles. The Morgan fingerprint density at radius 3 is 1.54 bits per heavy atom. The van der Waals surface area contributed by atoms with Gasteiger partial charge >= 0.3 is 0 Å². The van der Waals surface area contributed by atoms with Crippen molar-refractivity contribution in [2.75, 3.05) is 4.90 Å². The number of hydrogen-bond donors (Lipinski definition) is 0. The van der Waals surface area contributed by atoms with Gasteiger partial charge in [-0.3, -0.25) is 4.57 Å². The number of aromatic nitrogens is 5. The summed E-state index contributed by atoms with van der Waals surface area (Å²) in [5.74, 6) is 1.79. The summed E-state index contributed by atoms with van der Waals surface area (Å²) in [6.45, 7) is 2.15. The first kappa shape index (κ1) is 37.2. The summed E-state index contributed by atoms with van der Waals surface area (Å²) in [6.07, 6.45) is 0. The summed E-state index contributed by atoms with van der Waals surface area (Å²) in [4.78, 5) is 18.0. The maximum atomic E-state index is 5.24. The fourth-order valence-corrected chi connectivity index (χ4v) is 10.8. The Labute approximate surface area is 378 Å². The van der Waals surface area contributed by atoms with Crippen LogP contribution in [0.15, 0.2) is 212 Å². The third-order valence-electron chi connectivity index (χ3n) is 12.6. The van der Waals surface area contributed by atoms with Crippen molar-refractivity contribution in [3.05, 3.63) is 218 Å². The van der Waals surface area contributed by atoms with E-state index in [0.29, 0.717) is 17.6 Å². The monoisotopic (exact) mass is 850 g/mol. The number of fused-ring (bicyclic) bond motifs is 9. The second kappa shape index (κ2) is 14.9. The fraction of sp³-hybridized carbons (Fsp3) is 0.0172. The first-order valence-electron chi connectivity index (χ1n) is 21.9. The number of aryl methyl sites for hydroxylation is 1. The van der Waals surface area contributed by atoms with Crippen LogP contribution in [0.1, 0.15) is 5.56 Å². The molecule has 0 atom stereocenters. The minimum atomic E-state index is 0.559. The van der Waals surface area contributed by atoms with Crippen LogP contribution in [0, 0.1) is 6.92 Å². The highest BCUT2D eigenvalue weighted by Gasteiger charge is 2.26. The maximum Gasteiger partial charge on any atom is 0.238 e. The SMILES string of the molecule is Cc1ccc(N(c2cccc3c2c2ccccc2n3-c2ccc3sc4ccccc4c3c2)c2cccc3c2c2ccccc2n3-c2nc(-c3ccccc3)nc(-c3ccccc3)n2)cc1. The Hall–Kier alpha value is -8.39. The molecule has 4 heterocycles. The average molecular weight is 851 g/mol. The Balaban J connectivity index is 1.08. The van der Waals surface area contributed by atoms with E-state index in [2.05, 4.69) is 197 Å². The standard InChI is InChI=1S/C58H38N6S/c1-37-30-32-40(33-31-37)62(48-25-14-27-50-54(48)43-21-8-11-23-46(43)63(50)41-34-35-53-45(36-41)42-20-10-13-29-52(42)65-53)49-26-15-28-51-55(49)44-22-9-12-24-47(44)64(51)58-60-56(38-16-4-2-5-17-38)59-57(61-58)39-18-6-3-7-19-39/h2-36H,1H3. The highest BCUT2D eigenvalue weighted by molar-refractivity contribution is 7.25. The Kier molecular flexibility index (Phi) is 8.51. The molecule has 0 fully saturated rings. The smallest absolute Gasteiger partial charge is 0.238 e. The minimum Gasteiger partial charge on any atom is -0.309 e. The fourth-order valence-electron chi connectivity index (χ4n) is 9.72. The van der Waals surface area contributed by atoms with E-state index in [9.17, 15) is 0 Å². The molecule has 0 amide bonds. The van der Waals surface area contributed by atoms with Crippen LogP contribution in [-0.4, -0.2) is 24.1 Å². The van der Waals surface area contributed by atoms with Gasteiger partial charge in [0, 0.05) is 64.2 Å². The molecule has 0 saturated heterocycles. The van der Waals surface area contributed by atoms with E-state index in [1.54, 1.807) is 0 Å². The number of nitrogens with zero attached hydrogens (tertiary/aromatic N) is 6. The van der Waals surface area contributed by atoms with Gasteiger partial charge in [0.1, 0.15) is 0 Å². The van der Waals surface area contributed by atoms with Crippen LogP contribution in [0.2, 0.25) is 0 Å². The molecule has 0 radical (unpaired) electrons. The number of anilines is 3. The lowest BCUT2D eigenvalue weighted by Crippen LogP contribution is -2.11. The lowest BCUT2D eigenvalue weighted by Gasteiger charge is -2.27. The van der Waals surface area contributed by atoms with Crippen molar-refractivity contribution in [2.24, 2.45) is 0 Å². The minimum absolute atomic E-state index is 0.559. The summed E-state index contributed by atoms with van der Waals surface area (Å²) < 4.78 is 7.24. The van der Waals surface area contributed by atoms with Crippen LogP contribution in [0.4, 0.5) is 17.1 Å². The van der Waals surface area contributed by atoms with Gasteiger partial charge in [0.25, 0.3) is 0 Å². The molecule has 0 unspecified atom stereocenters. The Morgan fingerprint density at radius 1 is 0.400 bits per heavy atom. The highest BCUT2D eigenvalue weighted by atomic mass is 32.1. The summed E-state index contributed by atoms with van der Waals surface area (Å²) in [6, 6.07) is 75.7. The van der Waals surface area contributed by atoms with Gasteiger partial charge in [-0.1, -0.05) is 145 Å². The van der Waals surface area contributed by atoms with Crippen molar-refractivity contribution >= 4 is 92.2 Å². The predicted octanol–water partition coefficient (Wildman–Crippen LogP) is 15.5. The Morgan fingerprint density at radius 2 is 0.908 bits per heavy atom. The molecule has 0 aliphatic heterocycles. The van der Waals surface area contributed by atoms with Gasteiger partial charge in [0.2, 0.25) is 5.95 Å². The summed E-state index contributed by atoms with van der Waals surface area (Å²) in [5, 5.41) is 7.13. The average Bonchev–Trinajstić information content (AvgIpc) is 4.03. The quantitative estimate of drug-likeness (QED) is 0.160. The number of para-hydroxylation sites is 2. The molecule has 7 heteroatoms. The molecule has 0 saturated carbocycles. The molecule has 4 aromatic heterocycles. The maximum absolute atomic E-state index is 5.24. The van der Waals surface area contributed by atoms with Crippen molar-refractivity contribution in [3.8, 4) is 34.4 Å². The molecule has 13 aromatic rings. The molecule has 0 aliphatic carbocycles. The van der Waals surface area contributed by atoms with Crippen molar-refractivity contribution in [3.63, 3.8) is 0 Å². The lowest BCUT2D eigenvalue weighted by atomic mass is 10.0. The van der Waals surface area contributed by atoms with Crippen molar-refractivity contribution < 1.29 is 0 Å². The van der Waals surface area contributed by atoms with E-state index in [0.717, 1.165) is 66.7 Å². The van der Waals surface area contributed by atoms with Gasteiger partial charge in [0.15, 0.2) is 11.6 Å². The Bertz CT molecular complexity index is 3900. The summed E-state index contributed by atoms with van der Waals surface area (Å²) in [5.41, 5.74) is 11.7. The molecule has 306 valence electrons. The van der Waals surface area contributed by atoms with Crippen LogP contribution < -0.4 is 4.90 Å². The van der Waals surface area contributed by atoms with E-state index in [4.69, 9.17) is 15.0 Å². The molecule has 6 nitrogen and oxygen atoms in total. The topological polar surface area (TPSA) is 51.8 Å². The predicted molar refractivity (Wildman–Crippen MR) is 272 cm³/mol. The third kappa shape index (κ3) is 5.97. The summed E-state index contributed by atoms with van der Waals surface area (Å²) in [7, 11) is 0. The van der Waals surface area contributed by atoms with Gasteiger partial charge in [-0.05, 0) is 79.7 Å². The number of thiophene rings is 1. The van der Waals surface area contributed by atoms with Crippen molar-refractivity contribution in [2.45, 2.75) is 6.92 Å². The lowest BCUT2D eigenvalue weighted by molar-refractivity contribution is 0.953. The normalized spacial score (nSPS) is 11.8. The van der Waals surface area contributed by atoms with E-state index in [1.165, 1.54) is 36.5 Å². The highest BCUT2D eigenvalue weighted by Crippen LogP contribution is 2.48. The molecular weight excluding hydrogens is 813 g/mol. The molecule has 0 bridgehead atoms. The molecule has 0 aliphatic rings. The van der Waals surface area contributed by atoms with Crippen molar-refractivity contribution in [1.29, 1.82) is 0 Å².